The van der Waals surface area contributed by atoms with E-state index in [1.165, 1.54) is 0 Å². The van der Waals surface area contributed by atoms with E-state index in [1.807, 2.05) is 27.7 Å². The lowest BCUT2D eigenvalue weighted by Gasteiger charge is -2.18. The first-order chi connectivity index (χ1) is 26.5. The van der Waals surface area contributed by atoms with Crippen LogP contribution in [-0.2, 0) is 52.4 Å². The van der Waals surface area contributed by atoms with E-state index in [4.69, 9.17) is 33.5 Å². The van der Waals surface area contributed by atoms with Gasteiger partial charge in [0.2, 0.25) is 17.7 Å². The second kappa shape index (κ2) is 36.9. The highest BCUT2D eigenvalue weighted by Crippen LogP contribution is 2.16. The number of aliphatic carboxylic acids is 1. The van der Waals surface area contributed by atoms with E-state index in [0.717, 1.165) is 57.8 Å². The van der Waals surface area contributed by atoms with E-state index in [-0.39, 0.29) is 61.3 Å². The van der Waals surface area contributed by atoms with Crippen LogP contribution in [-0.4, -0.2) is 133 Å². The molecular formula is C40H75N3O12. The standard InChI is InChI=1S/C40H75N3O12/c1-5-15-37(46)43-34(17-18-36(45)41-20-14-12-10-8-6-7-9-11-13-16-38(47)48)39(49)42-21-23-51-25-27-53-29-31-55-33-32-54-30-28-52-26-24-50-22-19-35(44)40(2,3)4/h34H,5-33H2,1-4H3,(H,41,45)(H,42,49)(H,43,46)(H,47,48)/t34-/m1/s1. The van der Waals surface area contributed by atoms with E-state index < -0.39 is 12.0 Å². The number of rotatable bonds is 40. The van der Waals surface area contributed by atoms with Crippen LogP contribution in [0.3, 0.4) is 0 Å². The molecular weight excluding hydrogens is 714 g/mol. The van der Waals surface area contributed by atoms with Crippen molar-refractivity contribution in [3.05, 3.63) is 0 Å². The summed E-state index contributed by atoms with van der Waals surface area (Å²) in [5.74, 6) is -1.26. The molecule has 0 aromatic carbocycles. The summed E-state index contributed by atoms with van der Waals surface area (Å²) in [7, 11) is 0. The third-order valence-corrected chi connectivity index (χ3v) is 8.39. The zero-order chi connectivity index (χ0) is 40.8. The van der Waals surface area contributed by atoms with Crippen molar-refractivity contribution in [2.75, 3.05) is 92.4 Å². The molecule has 0 bridgehead atoms. The van der Waals surface area contributed by atoms with Gasteiger partial charge in [-0.15, -0.1) is 0 Å². The molecule has 15 nitrogen and oxygen atoms in total. The van der Waals surface area contributed by atoms with Gasteiger partial charge in [-0.3, -0.25) is 24.0 Å². The number of carbonyl (C=O) groups excluding carboxylic acids is 4. The van der Waals surface area contributed by atoms with Gasteiger partial charge < -0.3 is 49.5 Å². The van der Waals surface area contributed by atoms with Gasteiger partial charge in [0.1, 0.15) is 11.8 Å². The van der Waals surface area contributed by atoms with Gasteiger partial charge >= 0.3 is 5.97 Å². The Hall–Kier alpha value is -2.69. The van der Waals surface area contributed by atoms with Crippen molar-refractivity contribution in [3.8, 4) is 0 Å². The molecule has 1 atom stereocenters. The summed E-state index contributed by atoms with van der Waals surface area (Å²) < 4.78 is 32.9. The van der Waals surface area contributed by atoms with Crippen molar-refractivity contribution in [2.45, 2.75) is 130 Å². The molecule has 0 aromatic rings. The SMILES string of the molecule is CCCC(=O)N[C@H](CCC(=O)NCCCCCCCCCCCC(=O)O)C(=O)NCCOCCOCCOCCOCCOCCOCCC(=O)C(C)(C)C. The van der Waals surface area contributed by atoms with Crippen LogP contribution < -0.4 is 16.0 Å². The van der Waals surface area contributed by atoms with Gasteiger partial charge in [-0.2, -0.15) is 0 Å². The molecule has 0 fully saturated rings. The number of carboxylic acid groups (broad SMARTS) is 1. The summed E-state index contributed by atoms with van der Waals surface area (Å²) in [4.78, 5) is 59.8. The fourth-order valence-corrected chi connectivity index (χ4v) is 5.10. The fourth-order valence-electron chi connectivity index (χ4n) is 5.10. The van der Waals surface area contributed by atoms with Crippen molar-refractivity contribution in [1.29, 1.82) is 0 Å². The number of amides is 3. The van der Waals surface area contributed by atoms with Crippen LogP contribution in [0.5, 0.6) is 0 Å². The van der Waals surface area contributed by atoms with Crippen LogP contribution in [0.1, 0.15) is 124 Å². The molecule has 4 N–H and O–H groups in total. The number of carboxylic acids is 1. The maximum atomic E-state index is 12.8. The van der Waals surface area contributed by atoms with Crippen LogP contribution in [0.2, 0.25) is 0 Å². The van der Waals surface area contributed by atoms with Gasteiger partial charge in [0.25, 0.3) is 0 Å². The van der Waals surface area contributed by atoms with Crippen molar-refractivity contribution in [2.24, 2.45) is 5.41 Å². The summed E-state index contributed by atoms with van der Waals surface area (Å²) in [5, 5.41) is 17.1. The van der Waals surface area contributed by atoms with E-state index in [0.29, 0.717) is 98.5 Å². The number of nitrogens with one attached hydrogen (secondary N) is 3. The minimum Gasteiger partial charge on any atom is -0.481 e. The number of ketones is 1. The topological polar surface area (TPSA) is 197 Å². The average molecular weight is 790 g/mol. The van der Waals surface area contributed by atoms with Crippen LogP contribution >= 0.6 is 0 Å². The predicted molar refractivity (Wildman–Crippen MR) is 210 cm³/mol. The van der Waals surface area contributed by atoms with E-state index in [9.17, 15) is 24.0 Å². The first-order valence-electron chi connectivity index (χ1n) is 20.5. The number of Topliss-reactive ketones (excluding diaryl/α,β-unsaturated/α-hetero) is 1. The quantitative estimate of drug-likeness (QED) is 0.0641. The van der Waals surface area contributed by atoms with Gasteiger partial charge in [0.15, 0.2) is 0 Å². The van der Waals surface area contributed by atoms with E-state index in [1.54, 1.807) is 0 Å². The lowest BCUT2D eigenvalue weighted by molar-refractivity contribution is -0.137. The first kappa shape index (κ1) is 52.3. The minimum absolute atomic E-state index is 0.132. The molecule has 0 aromatic heterocycles. The second-order valence-corrected chi connectivity index (χ2v) is 14.5. The number of unbranched alkanes of at least 4 members (excludes halogenated alkanes) is 8. The maximum Gasteiger partial charge on any atom is 0.303 e. The Bertz CT molecular complexity index is 993. The lowest BCUT2D eigenvalue weighted by Crippen LogP contribution is -2.48. The summed E-state index contributed by atoms with van der Waals surface area (Å²) in [5.41, 5.74) is -0.335. The molecule has 0 aliphatic heterocycles. The van der Waals surface area contributed by atoms with Crippen LogP contribution in [0.15, 0.2) is 0 Å². The molecule has 15 heteroatoms. The molecule has 0 unspecified atom stereocenters. The monoisotopic (exact) mass is 790 g/mol. The minimum atomic E-state index is -0.802. The van der Waals surface area contributed by atoms with Gasteiger partial charge in [0.05, 0.1) is 79.3 Å². The number of ether oxygens (including phenoxy) is 6. The molecule has 0 aliphatic carbocycles. The number of carbonyl (C=O) groups is 5. The van der Waals surface area contributed by atoms with Gasteiger partial charge in [-0.05, 0) is 25.7 Å². The Labute approximate surface area is 330 Å². The van der Waals surface area contributed by atoms with Crippen LogP contribution in [0.25, 0.3) is 0 Å². The molecule has 0 heterocycles. The zero-order valence-electron chi connectivity index (χ0n) is 34.5. The third-order valence-electron chi connectivity index (χ3n) is 8.39. The highest BCUT2D eigenvalue weighted by Gasteiger charge is 2.22. The van der Waals surface area contributed by atoms with Gasteiger partial charge in [-0.25, -0.2) is 0 Å². The summed E-state index contributed by atoms with van der Waals surface area (Å²) >= 11 is 0. The van der Waals surface area contributed by atoms with Gasteiger partial charge in [-0.1, -0.05) is 72.6 Å². The van der Waals surface area contributed by atoms with Gasteiger partial charge in [0, 0.05) is 44.2 Å². The Kier molecular flexibility index (Phi) is 35.1. The smallest absolute Gasteiger partial charge is 0.303 e. The summed E-state index contributed by atoms with van der Waals surface area (Å²) in [6, 6.07) is -0.802. The zero-order valence-corrected chi connectivity index (χ0v) is 34.5. The molecule has 0 rings (SSSR count). The Morgan fingerprint density at radius 1 is 0.509 bits per heavy atom. The largest absolute Gasteiger partial charge is 0.481 e. The second-order valence-electron chi connectivity index (χ2n) is 14.5. The number of hydrogen-bond donors (Lipinski definition) is 4. The molecule has 322 valence electrons. The van der Waals surface area contributed by atoms with Crippen LogP contribution in [0, 0.1) is 5.41 Å². The highest BCUT2D eigenvalue weighted by molar-refractivity contribution is 5.88. The molecule has 0 radical (unpaired) electrons. The first-order valence-corrected chi connectivity index (χ1v) is 20.5. The highest BCUT2D eigenvalue weighted by atomic mass is 16.6. The molecule has 0 spiro atoms. The lowest BCUT2D eigenvalue weighted by atomic mass is 9.89. The summed E-state index contributed by atoms with van der Waals surface area (Å²) in [6.45, 7) is 13.4. The van der Waals surface area contributed by atoms with E-state index >= 15 is 0 Å². The van der Waals surface area contributed by atoms with Crippen LogP contribution in [0.4, 0.5) is 0 Å². The Balaban J connectivity index is 3.80. The maximum absolute atomic E-state index is 12.8. The Morgan fingerprint density at radius 2 is 0.964 bits per heavy atom. The average Bonchev–Trinajstić information content (AvgIpc) is 3.13. The van der Waals surface area contributed by atoms with E-state index in [2.05, 4.69) is 16.0 Å². The molecule has 0 saturated heterocycles. The Morgan fingerprint density at radius 3 is 1.44 bits per heavy atom. The van der Waals surface area contributed by atoms with Crippen molar-refractivity contribution in [1.82, 2.24) is 16.0 Å². The summed E-state index contributed by atoms with van der Waals surface area (Å²) in [6.07, 6.45) is 11.2. The van der Waals surface area contributed by atoms with Crippen molar-refractivity contribution >= 4 is 29.5 Å². The molecule has 0 saturated carbocycles. The normalized spacial score (nSPS) is 12.0. The molecule has 55 heavy (non-hydrogen) atoms. The molecule has 3 amide bonds. The molecule has 0 aliphatic rings. The van der Waals surface area contributed by atoms with Crippen molar-refractivity contribution < 1.29 is 57.5 Å². The number of hydrogen-bond acceptors (Lipinski definition) is 11. The third kappa shape index (κ3) is 36.7. The fraction of sp³-hybridized carbons (Fsp3) is 0.875. The predicted octanol–water partition coefficient (Wildman–Crippen LogP) is 4.37. The van der Waals surface area contributed by atoms with Crippen molar-refractivity contribution in [3.63, 3.8) is 0 Å².